The number of anilines is 1. The van der Waals surface area contributed by atoms with Gasteiger partial charge in [-0.25, -0.2) is 15.0 Å². The molecule has 1 aromatic carbocycles. The van der Waals surface area contributed by atoms with E-state index >= 15 is 0 Å². The van der Waals surface area contributed by atoms with E-state index in [2.05, 4.69) is 30.4 Å². The number of halogens is 3. The standard InChI is InChI=1S/C20H19F3N8O2/c1-31(2)8-12-16(26-9-27-17(12)24)19(32)25-7-11-6-15(33-30-11)18-28-13-4-3-10(20(21,22)23)5-14(13)29-18/h3-6,9H,7-8H2,1-2H3,(H,25,32)(H,28,29)(H2,24,26,27). The molecular weight excluding hydrogens is 441 g/mol. The van der Waals surface area contributed by atoms with Crippen molar-refractivity contribution in [3.05, 3.63) is 53.1 Å². The van der Waals surface area contributed by atoms with Crippen LogP contribution in [0.2, 0.25) is 0 Å². The molecule has 0 atom stereocenters. The van der Waals surface area contributed by atoms with Gasteiger partial charge in [-0.2, -0.15) is 13.2 Å². The number of carbonyl (C=O) groups excluding carboxylic acids is 1. The van der Waals surface area contributed by atoms with Gasteiger partial charge in [0.15, 0.2) is 5.82 Å². The third kappa shape index (κ3) is 4.77. The number of imidazole rings is 1. The number of rotatable bonds is 6. The number of carbonyl (C=O) groups is 1. The van der Waals surface area contributed by atoms with Crippen LogP contribution >= 0.6 is 0 Å². The average Bonchev–Trinajstić information content (AvgIpc) is 3.38. The van der Waals surface area contributed by atoms with E-state index in [0.29, 0.717) is 23.3 Å². The first kappa shape index (κ1) is 22.2. The summed E-state index contributed by atoms with van der Waals surface area (Å²) in [4.78, 5) is 29.5. The number of benzene rings is 1. The van der Waals surface area contributed by atoms with Crippen molar-refractivity contribution in [1.29, 1.82) is 0 Å². The molecule has 4 rings (SSSR count). The quantitative estimate of drug-likeness (QED) is 0.399. The van der Waals surface area contributed by atoms with Gasteiger partial charge in [0.1, 0.15) is 23.5 Å². The Balaban J connectivity index is 1.49. The molecule has 172 valence electrons. The van der Waals surface area contributed by atoms with E-state index in [0.717, 1.165) is 12.1 Å². The zero-order valence-electron chi connectivity index (χ0n) is 17.6. The lowest BCUT2D eigenvalue weighted by Crippen LogP contribution is -2.27. The number of H-pyrrole nitrogens is 1. The van der Waals surface area contributed by atoms with Crippen molar-refractivity contribution in [2.24, 2.45) is 0 Å². The number of aromatic amines is 1. The minimum atomic E-state index is -4.46. The minimum absolute atomic E-state index is 0.0199. The lowest BCUT2D eigenvalue weighted by molar-refractivity contribution is -0.137. The van der Waals surface area contributed by atoms with Crippen LogP contribution in [0.15, 0.2) is 35.1 Å². The summed E-state index contributed by atoms with van der Waals surface area (Å²) in [5, 5.41) is 6.57. The summed E-state index contributed by atoms with van der Waals surface area (Å²) in [5.41, 5.74) is 6.69. The van der Waals surface area contributed by atoms with E-state index in [-0.39, 0.29) is 35.2 Å². The molecule has 0 aliphatic heterocycles. The van der Waals surface area contributed by atoms with E-state index in [1.165, 1.54) is 18.5 Å². The smallest absolute Gasteiger partial charge is 0.383 e. The summed E-state index contributed by atoms with van der Waals surface area (Å²) in [6.45, 7) is 0.401. The number of nitrogen functional groups attached to an aromatic ring is 1. The highest BCUT2D eigenvalue weighted by Gasteiger charge is 2.30. The van der Waals surface area contributed by atoms with Gasteiger partial charge in [0.25, 0.3) is 5.91 Å². The number of fused-ring (bicyclic) bond motifs is 1. The number of hydrogen-bond acceptors (Lipinski definition) is 8. The molecule has 0 fully saturated rings. The third-order valence-corrected chi connectivity index (χ3v) is 4.70. The zero-order chi connectivity index (χ0) is 23.8. The number of aromatic nitrogens is 5. The number of nitrogens with one attached hydrogen (secondary N) is 2. The summed E-state index contributed by atoms with van der Waals surface area (Å²) in [5.74, 6) is 0.176. The molecule has 13 heteroatoms. The van der Waals surface area contributed by atoms with E-state index in [9.17, 15) is 18.0 Å². The molecule has 0 bridgehead atoms. The highest BCUT2D eigenvalue weighted by molar-refractivity contribution is 5.94. The molecule has 0 saturated heterocycles. The first-order valence-electron chi connectivity index (χ1n) is 9.67. The molecular formula is C20H19F3N8O2. The largest absolute Gasteiger partial charge is 0.416 e. The van der Waals surface area contributed by atoms with Crippen molar-refractivity contribution in [3.63, 3.8) is 0 Å². The summed E-state index contributed by atoms with van der Waals surface area (Å²) < 4.78 is 44.0. The minimum Gasteiger partial charge on any atom is -0.383 e. The Morgan fingerprint density at radius 2 is 2.03 bits per heavy atom. The van der Waals surface area contributed by atoms with Crippen molar-refractivity contribution in [2.75, 3.05) is 19.8 Å². The van der Waals surface area contributed by atoms with Crippen LogP contribution in [-0.2, 0) is 19.3 Å². The van der Waals surface area contributed by atoms with Crippen molar-refractivity contribution < 1.29 is 22.5 Å². The summed E-state index contributed by atoms with van der Waals surface area (Å²) in [7, 11) is 3.65. The van der Waals surface area contributed by atoms with Gasteiger partial charge in [0.05, 0.1) is 23.1 Å². The normalized spacial score (nSPS) is 11.9. The SMILES string of the molecule is CN(C)Cc1c(N)ncnc1C(=O)NCc1cc(-c2nc3ccc(C(F)(F)F)cc3[nH]2)on1. The van der Waals surface area contributed by atoms with Crippen molar-refractivity contribution in [1.82, 2.24) is 35.3 Å². The molecule has 4 N–H and O–H groups in total. The van der Waals surface area contributed by atoms with Gasteiger partial charge in [-0.3, -0.25) is 4.79 Å². The number of hydrogen-bond donors (Lipinski definition) is 3. The van der Waals surface area contributed by atoms with Crippen molar-refractivity contribution in [2.45, 2.75) is 19.3 Å². The van der Waals surface area contributed by atoms with Crippen LogP contribution in [0.3, 0.4) is 0 Å². The topological polar surface area (TPSA) is 139 Å². The van der Waals surface area contributed by atoms with Crippen molar-refractivity contribution >= 4 is 22.8 Å². The van der Waals surface area contributed by atoms with Crippen LogP contribution in [0.1, 0.15) is 27.3 Å². The van der Waals surface area contributed by atoms with Crippen LogP contribution in [0, 0.1) is 0 Å². The van der Waals surface area contributed by atoms with Crippen LogP contribution in [0.5, 0.6) is 0 Å². The Labute approximate surface area is 185 Å². The first-order chi connectivity index (χ1) is 15.6. The fourth-order valence-electron chi connectivity index (χ4n) is 3.16. The van der Waals surface area contributed by atoms with Crippen LogP contribution in [0.4, 0.5) is 19.0 Å². The summed E-state index contributed by atoms with van der Waals surface area (Å²) in [6.07, 6.45) is -3.25. The maximum absolute atomic E-state index is 12.9. The monoisotopic (exact) mass is 460 g/mol. The predicted molar refractivity (Wildman–Crippen MR) is 112 cm³/mol. The van der Waals surface area contributed by atoms with E-state index < -0.39 is 17.6 Å². The highest BCUT2D eigenvalue weighted by Crippen LogP contribution is 2.31. The lowest BCUT2D eigenvalue weighted by atomic mass is 10.2. The Hall–Kier alpha value is -4.00. The molecule has 10 nitrogen and oxygen atoms in total. The molecule has 0 aliphatic carbocycles. The van der Waals surface area contributed by atoms with E-state index in [1.807, 2.05) is 19.0 Å². The maximum atomic E-state index is 12.9. The fraction of sp³-hybridized carbons (Fsp3) is 0.250. The zero-order valence-corrected chi connectivity index (χ0v) is 17.6. The van der Waals surface area contributed by atoms with Crippen LogP contribution in [-0.4, -0.2) is 50.0 Å². The molecule has 33 heavy (non-hydrogen) atoms. The van der Waals surface area contributed by atoms with Crippen LogP contribution in [0.25, 0.3) is 22.6 Å². The Kier molecular flexibility index (Phi) is 5.72. The molecule has 0 spiro atoms. The summed E-state index contributed by atoms with van der Waals surface area (Å²) >= 11 is 0. The Bertz CT molecular complexity index is 1310. The van der Waals surface area contributed by atoms with E-state index in [1.54, 1.807) is 0 Å². The number of nitrogens with two attached hydrogens (primary N) is 1. The van der Waals surface area contributed by atoms with Gasteiger partial charge >= 0.3 is 6.18 Å². The molecule has 0 radical (unpaired) electrons. The van der Waals surface area contributed by atoms with Gasteiger partial charge in [0, 0.05) is 18.2 Å². The molecule has 0 saturated carbocycles. The third-order valence-electron chi connectivity index (χ3n) is 4.70. The predicted octanol–water partition coefficient (Wildman–Crippen LogP) is 2.60. The second-order valence-electron chi connectivity index (χ2n) is 7.50. The second-order valence-corrected chi connectivity index (χ2v) is 7.50. The van der Waals surface area contributed by atoms with Gasteiger partial charge in [-0.15, -0.1) is 0 Å². The molecule has 0 aliphatic rings. The van der Waals surface area contributed by atoms with Gasteiger partial charge in [-0.1, -0.05) is 5.16 Å². The lowest BCUT2D eigenvalue weighted by Gasteiger charge is -2.14. The molecule has 4 aromatic rings. The average molecular weight is 460 g/mol. The second kappa shape index (κ2) is 8.50. The first-order valence-corrected chi connectivity index (χ1v) is 9.67. The Morgan fingerprint density at radius 1 is 1.24 bits per heavy atom. The van der Waals surface area contributed by atoms with Crippen LogP contribution < -0.4 is 11.1 Å². The molecule has 3 aromatic heterocycles. The van der Waals surface area contributed by atoms with E-state index in [4.69, 9.17) is 10.3 Å². The highest BCUT2D eigenvalue weighted by atomic mass is 19.4. The molecule has 1 amide bonds. The number of nitrogens with zero attached hydrogens (tertiary/aromatic N) is 5. The van der Waals surface area contributed by atoms with Gasteiger partial charge < -0.3 is 25.5 Å². The van der Waals surface area contributed by atoms with Gasteiger partial charge in [0.2, 0.25) is 5.76 Å². The maximum Gasteiger partial charge on any atom is 0.416 e. The fourth-order valence-corrected chi connectivity index (χ4v) is 3.16. The van der Waals surface area contributed by atoms with Crippen molar-refractivity contribution in [3.8, 4) is 11.6 Å². The Morgan fingerprint density at radius 3 is 2.76 bits per heavy atom. The number of amides is 1. The number of alkyl halides is 3. The summed E-state index contributed by atoms with van der Waals surface area (Å²) in [6, 6.07) is 4.73. The molecule has 3 heterocycles. The van der Waals surface area contributed by atoms with Gasteiger partial charge in [-0.05, 0) is 32.3 Å². The molecule has 0 unspecified atom stereocenters.